The SMILES string of the molecule is CC(C)N1CCCN2C1=CC=CC2CO. The molecule has 2 aliphatic heterocycles. The summed E-state index contributed by atoms with van der Waals surface area (Å²) in [5, 5.41) is 9.32. The summed E-state index contributed by atoms with van der Waals surface area (Å²) >= 11 is 0. The molecule has 0 amide bonds. The Hall–Kier alpha value is -0.960. The van der Waals surface area contributed by atoms with Gasteiger partial charge in [0.05, 0.1) is 12.6 Å². The van der Waals surface area contributed by atoms with Crippen LogP contribution in [-0.4, -0.2) is 46.7 Å². The molecule has 0 aromatic heterocycles. The summed E-state index contributed by atoms with van der Waals surface area (Å²) in [5.41, 5.74) is 0. The Balaban J connectivity index is 2.21. The van der Waals surface area contributed by atoms with E-state index in [9.17, 15) is 5.11 Å². The fourth-order valence-corrected chi connectivity index (χ4v) is 2.39. The molecule has 3 heteroatoms. The summed E-state index contributed by atoms with van der Waals surface area (Å²) < 4.78 is 0. The lowest BCUT2D eigenvalue weighted by molar-refractivity contribution is 0.0858. The molecule has 0 aliphatic carbocycles. The molecule has 2 heterocycles. The number of nitrogens with zero attached hydrogens (tertiary/aromatic N) is 2. The molecule has 0 aromatic rings. The summed E-state index contributed by atoms with van der Waals surface area (Å²) in [6.07, 6.45) is 7.48. The number of aliphatic hydroxyl groups is 1. The van der Waals surface area contributed by atoms with E-state index < -0.39 is 0 Å². The zero-order valence-corrected chi connectivity index (χ0v) is 9.56. The van der Waals surface area contributed by atoms with Crippen LogP contribution >= 0.6 is 0 Å². The summed E-state index contributed by atoms with van der Waals surface area (Å²) in [5.74, 6) is 1.28. The van der Waals surface area contributed by atoms with Crippen LogP contribution in [0.3, 0.4) is 0 Å². The minimum absolute atomic E-state index is 0.173. The molecule has 1 N–H and O–H groups in total. The smallest absolute Gasteiger partial charge is 0.105 e. The molecule has 0 bridgehead atoms. The third-order valence-electron chi connectivity index (χ3n) is 3.18. The van der Waals surface area contributed by atoms with E-state index in [-0.39, 0.29) is 12.6 Å². The highest BCUT2D eigenvalue weighted by molar-refractivity contribution is 5.22. The van der Waals surface area contributed by atoms with Crippen molar-refractivity contribution >= 4 is 0 Å². The van der Waals surface area contributed by atoms with Gasteiger partial charge in [-0.2, -0.15) is 0 Å². The van der Waals surface area contributed by atoms with Crippen molar-refractivity contribution in [3.63, 3.8) is 0 Å². The van der Waals surface area contributed by atoms with E-state index in [1.807, 2.05) is 0 Å². The highest BCUT2D eigenvalue weighted by atomic mass is 16.3. The van der Waals surface area contributed by atoms with Gasteiger partial charge in [0, 0.05) is 19.1 Å². The molecule has 1 unspecified atom stereocenters. The molecular weight excluding hydrogens is 188 g/mol. The maximum Gasteiger partial charge on any atom is 0.105 e. The molecule has 0 aromatic carbocycles. The first-order chi connectivity index (χ1) is 7.24. The van der Waals surface area contributed by atoms with Crippen LogP contribution < -0.4 is 0 Å². The molecule has 1 atom stereocenters. The molecule has 0 saturated carbocycles. The van der Waals surface area contributed by atoms with Gasteiger partial charge in [-0.05, 0) is 26.3 Å². The fraction of sp³-hybridized carbons (Fsp3) is 0.667. The fourth-order valence-electron chi connectivity index (χ4n) is 2.39. The van der Waals surface area contributed by atoms with Gasteiger partial charge in [0.25, 0.3) is 0 Å². The van der Waals surface area contributed by atoms with Crippen LogP contribution in [0.1, 0.15) is 20.3 Å². The standard InChI is InChI=1S/C12H20N2O/c1-10(2)13-7-4-8-14-11(9-15)5-3-6-12(13)14/h3,5-6,10-11,15H,4,7-9H2,1-2H3. The first-order valence-electron chi connectivity index (χ1n) is 5.76. The largest absolute Gasteiger partial charge is 0.394 e. The molecule has 2 rings (SSSR count). The van der Waals surface area contributed by atoms with E-state index in [1.165, 1.54) is 12.2 Å². The van der Waals surface area contributed by atoms with E-state index >= 15 is 0 Å². The maximum atomic E-state index is 9.32. The van der Waals surface area contributed by atoms with Gasteiger partial charge < -0.3 is 14.9 Å². The highest BCUT2D eigenvalue weighted by Crippen LogP contribution is 2.25. The van der Waals surface area contributed by atoms with E-state index in [0.717, 1.165) is 13.1 Å². The monoisotopic (exact) mass is 208 g/mol. The van der Waals surface area contributed by atoms with Gasteiger partial charge >= 0.3 is 0 Å². The van der Waals surface area contributed by atoms with Crippen molar-refractivity contribution in [3.05, 3.63) is 24.0 Å². The van der Waals surface area contributed by atoms with Gasteiger partial charge in [0.15, 0.2) is 0 Å². The van der Waals surface area contributed by atoms with Crippen LogP contribution in [-0.2, 0) is 0 Å². The normalized spacial score (nSPS) is 25.6. The van der Waals surface area contributed by atoms with Crippen molar-refractivity contribution in [2.75, 3.05) is 19.7 Å². The number of rotatable bonds is 2. The van der Waals surface area contributed by atoms with Crippen LogP contribution in [0.25, 0.3) is 0 Å². The number of fused-ring (bicyclic) bond motifs is 1. The molecule has 15 heavy (non-hydrogen) atoms. The first-order valence-corrected chi connectivity index (χ1v) is 5.76. The summed E-state index contributed by atoms with van der Waals surface area (Å²) in [6.45, 7) is 6.84. The lowest BCUT2D eigenvalue weighted by atomic mass is 10.1. The number of aliphatic hydroxyl groups excluding tert-OH is 1. The van der Waals surface area contributed by atoms with Crippen LogP contribution in [0.2, 0.25) is 0 Å². The van der Waals surface area contributed by atoms with Crippen molar-refractivity contribution < 1.29 is 5.11 Å². The maximum absolute atomic E-state index is 9.32. The van der Waals surface area contributed by atoms with Gasteiger partial charge in [-0.25, -0.2) is 0 Å². The second kappa shape index (κ2) is 4.27. The van der Waals surface area contributed by atoms with Crippen LogP contribution in [0.4, 0.5) is 0 Å². The van der Waals surface area contributed by atoms with E-state index in [1.54, 1.807) is 0 Å². The summed E-state index contributed by atoms with van der Waals surface area (Å²) in [6, 6.07) is 0.705. The van der Waals surface area contributed by atoms with Gasteiger partial charge in [0.1, 0.15) is 5.82 Å². The Bertz CT molecular complexity index is 283. The molecule has 1 saturated heterocycles. The quantitative estimate of drug-likeness (QED) is 0.738. The minimum Gasteiger partial charge on any atom is -0.394 e. The Morgan fingerprint density at radius 3 is 2.93 bits per heavy atom. The molecule has 0 radical (unpaired) electrons. The van der Waals surface area contributed by atoms with E-state index in [0.29, 0.717) is 6.04 Å². The summed E-state index contributed by atoms with van der Waals surface area (Å²) in [7, 11) is 0. The van der Waals surface area contributed by atoms with Crippen LogP contribution in [0, 0.1) is 0 Å². The van der Waals surface area contributed by atoms with Gasteiger partial charge in [-0.3, -0.25) is 0 Å². The Morgan fingerprint density at radius 1 is 1.47 bits per heavy atom. The van der Waals surface area contributed by atoms with Crippen molar-refractivity contribution in [3.8, 4) is 0 Å². The van der Waals surface area contributed by atoms with Gasteiger partial charge in [0.2, 0.25) is 0 Å². The molecule has 1 fully saturated rings. The predicted octanol–water partition coefficient (Wildman–Crippen LogP) is 1.17. The third-order valence-corrected chi connectivity index (χ3v) is 3.18. The highest BCUT2D eigenvalue weighted by Gasteiger charge is 2.28. The van der Waals surface area contributed by atoms with E-state index in [2.05, 4.69) is 41.9 Å². The zero-order valence-electron chi connectivity index (χ0n) is 9.56. The van der Waals surface area contributed by atoms with Crippen molar-refractivity contribution in [2.45, 2.75) is 32.4 Å². The van der Waals surface area contributed by atoms with Crippen LogP contribution in [0.5, 0.6) is 0 Å². The lowest BCUT2D eigenvalue weighted by Crippen LogP contribution is -2.50. The second-order valence-corrected chi connectivity index (χ2v) is 4.49. The van der Waals surface area contributed by atoms with Gasteiger partial charge in [-0.15, -0.1) is 0 Å². The molecule has 2 aliphatic rings. The predicted molar refractivity (Wildman–Crippen MR) is 61.3 cm³/mol. The second-order valence-electron chi connectivity index (χ2n) is 4.49. The topological polar surface area (TPSA) is 26.7 Å². The first kappa shape index (κ1) is 10.6. The van der Waals surface area contributed by atoms with Crippen molar-refractivity contribution in [2.24, 2.45) is 0 Å². The molecule has 3 nitrogen and oxygen atoms in total. The van der Waals surface area contributed by atoms with Gasteiger partial charge in [-0.1, -0.05) is 12.2 Å². The Labute approximate surface area is 91.7 Å². The average molecular weight is 208 g/mol. The third kappa shape index (κ3) is 1.88. The zero-order chi connectivity index (χ0) is 10.8. The Morgan fingerprint density at radius 2 is 2.27 bits per heavy atom. The average Bonchev–Trinajstić information content (AvgIpc) is 2.27. The molecular formula is C12H20N2O. The Kier molecular flexibility index (Phi) is 3.00. The number of allylic oxidation sites excluding steroid dienone is 2. The number of hydrogen-bond acceptors (Lipinski definition) is 3. The summed E-state index contributed by atoms with van der Waals surface area (Å²) in [4.78, 5) is 4.72. The molecule has 0 spiro atoms. The van der Waals surface area contributed by atoms with E-state index in [4.69, 9.17) is 0 Å². The van der Waals surface area contributed by atoms with Crippen molar-refractivity contribution in [1.29, 1.82) is 0 Å². The lowest BCUT2D eigenvalue weighted by Gasteiger charge is -2.46. The molecule has 84 valence electrons. The number of hydrogen-bond donors (Lipinski definition) is 1. The van der Waals surface area contributed by atoms with Crippen LogP contribution in [0.15, 0.2) is 24.0 Å². The minimum atomic E-state index is 0.173. The van der Waals surface area contributed by atoms with Crippen molar-refractivity contribution in [1.82, 2.24) is 9.80 Å².